The molecule has 0 aliphatic carbocycles. The summed E-state index contributed by atoms with van der Waals surface area (Å²) in [4.78, 5) is 18.1. The van der Waals surface area contributed by atoms with E-state index in [9.17, 15) is 9.18 Å². The van der Waals surface area contributed by atoms with Gasteiger partial charge in [-0.1, -0.05) is 41.6 Å². The smallest absolute Gasteiger partial charge is 0.266 e. The van der Waals surface area contributed by atoms with Gasteiger partial charge in [0, 0.05) is 34.5 Å². The highest BCUT2D eigenvalue weighted by atomic mass is 35.5. The molecule has 4 rings (SSSR count). The van der Waals surface area contributed by atoms with Crippen molar-refractivity contribution in [3.8, 4) is 17.2 Å². The minimum atomic E-state index is -0.405. The van der Waals surface area contributed by atoms with E-state index in [1.54, 1.807) is 48.5 Å². The number of methoxy groups -OCH3 is 2. The number of thioether (sulfide) groups is 1. The molecule has 1 heterocycles. The zero-order valence-electron chi connectivity index (χ0n) is 16.8. The number of fused-ring (bicyclic) bond motifs is 1. The fourth-order valence-corrected chi connectivity index (χ4v) is 4.52. The molecule has 0 unspecified atom stereocenters. The van der Waals surface area contributed by atoms with Crippen molar-refractivity contribution in [1.82, 2.24) is 9.55 Å². The first-order valence-electron chi connectivity index (χ1n) is 9.32. The summed E-state index contributed by atoms with van der Waals surface area (Å²) in [5.74, 6) is 0.861. The number of halogens is 2. The van der Waals surface area contributed by atoms with E-state index in [4.69, 9.17) is 21.1 Å². The Kier molecular flexibility index (Phi) is 6.15. The van der Waals surface area contributed by atoms with Gasteiger partial charge in [-0.25, -0.2) is 9.37 Å². The minimum Gasteiger partial charge on any atom is -0.497 e. The van der Waals surface area contributed by atoms with Gasteiger partial charge in [0.1, 0.15) is 17.3 Å². The molecule has 0 saturated carbocycles. The van der Waals surface area contributed by atoms with Crippen LogP contribution in [0.2, 0.25) is 5.02 Å². The number of nitrogens with zero attached hydrogens (tertiary/aromatic N) is 2. The van der Waals surface area contributed by atoms with Gasteiger partial charge in [0.05, 0.1) is 30.8 Å². The van der Waals surface area contributed by atoms with E-state index in [0.29, 0.717) is 43.8 Å². The van der Waals surface area contributed by atoms with E-state index < -0.39 is 5.82 Å². The molecule has 8 heteroatoms. The van der Waals surface area contributed by atoms with Gasteiger partial charge in [-0.05, 0) is 24.3 Å². The lowest BCUT2D eigenvalue weighted by Gasteiger charge is -2.15. The minimum absolute atomic E-state index is 0.206. The monoisotopic (exact) mass is 456 g/mol. The third-order valence-electron chi connectivity index (χ3n) is 4.75. The summed E-state index contributed by atoms with van der Waals surface area (Å²) < 4.78 is 26.5. The van der Waals surface area contributed by atoms with Crippen LogP contribution < -0.4 is 15.0 Å². The van der Waals surface area contributed by atoms with Crippen molar-refractivity contribution in [2.75, 3.05) is 14.2 Å². The normalized spacial score (nSPS) is 11.0. The van der Waals surface area contributed by atoms with Crippen LogP contribution >= 0.6 is 23.4 Å². The lowest BCUT2D eigenvalue weighted by Crippen LogP contribution is -2.22. The van der Waals surface area contributed by atoms with Crippen LogP contribution in [0.3, 0.4) is 0 Å². The Morgan fingerprint density at radius 1 is 1.03 bits per heavy atom. The molecule has 3 aromatic carbocycles. The molecule has 158 valence electrons. The lowest BCUT2D eigenvalue weighted by molar-refractivity contribution is 0.394. The van der Waals surface area contributed by atoms with Crippen LogP contribution in [0, 0.1) is 5.82 Å². The van der Waals surface area contributed by atoms with E-state index in [0.717, 1.165) is 0 Å². The fourth-order valence-electron chi connectivity index (χ4n) is 3.17. The van der Waals surface area contributed by atoms with Crippen LogP contribution in [0.5, 0.6) is 11.5 Å². The highest BCUT2D eigenvalue weighted by Gasteiger charge is 2.17. The molecular weight excluding hydrogens is 439 g/mol. The topological polar surface area (TPSA) is 53.4 Å². The van der Waals surface area contributed by atoms with Crippen LogP contribution in [0.15, 0.2) is 70.6 Å². The van der Waals surface area contributed by atoms with Gasteiger partial charge in [0.2, 0.25) is 0 Å². The Bertz CT molecular complexity index is 1280. The van der Waals surface area contributed by atoms with Crippen molar-refractivity contribution < 1.29 is 13.9 Å². The maximum atomic E-state index is 14.3. The van der Waals surface area contributed by atoms with Crippen LogP contribution in [0.4, 0.5) is 4.39 Å². The standard InChI is InChI=1S/C23H18ClFN2O3S/c1-29-15-10-14(11-16(12-15)30-2)27-22(28)17-6-3-4-9-21(17)26-23(27)31-13-18-19(24)7-5-8-20(18)25/h3-12H,13H2,1-2H3. The lowest BCUT2D eigenvalue weighted by atomic mass is 10.2. The summed E-state index contributed by atoms with van der Waals surface area (Å²) in [5.41, 5.74) is 1.19. The van der Waals surface area contributed by atoms with Gasteiger partial charge < -0.3 is 9.47 Å². The van der Waals surface area contributed by atoms with E-state index in [-0.39, 0.29) is 11.3 Å². The molecule has 0 aliphatic heterocycles. The SMILES string of the molecule is COc1cc(OC)cc(-n2c(SCc3c(F)cccc3Cl)nc3ccccc3c2=O)c1. The van der Waals surface area contributed by atoms with Crippen molar-refractivity contribution in [2.45, 2.75) is 10.9 Å². The number of para-hydroxylation sites is 1. The maximum Gasteiger partial charge on any atom is 0.266 e. The third-order valence-corrected chi connectivity index (χ3v) is 6.07. The molecule has 0 bridgehead atoms. The molecule has 0 fully saturated rings. The summed E-state index contributed by atoms with van der Waals surface area (Å²) in [5, 5.41) is 1.20. The Morgan fingerprint density at radius 3 is 2.42 bits per heavy atom. The van der Waals surface area contributed by atoms with E-state index in [1.165, 1.54) is 36.6 Å². The molecule has 0 atom stereocenters. The number of benzene rings is 3. The summed E-state index contributed by atoms with van der Waals surface area (Å²) in [7, 11) is 3.08. The number of aromatic nitrogens is 2. The first kappa shape index (κ1) is 21.2. The maximum absolute atomic E-state index is 14.3. The largest absolute Gasteiger partial charge is 0.497 e. The van der Waals surface area contributed by atoms with Crippen molar-refractivity contribution in [3.63, 3.8) is 0 Å². The molecule has 31 heavy (non-hydrogen) atoms. The number of rotatable bonds is 6. The number of hydrogen-bond acceptors (Lipinski definition) is 5. The second-order valence-electron chi connectivity index (χ2n) is 6.61. The first-order valence-corrected chi connectivity index (χ1v) is 10.7. The summed E-state index contributed by atoms with van der Waals surface area (Å²) in [6, 6.07) is 16.8. The van der Waals surface area contributed by atoms with Gasteiger partial charge in [0.15, 0.2) is 5.16 Å². The fraction of sp³-hybridized carbons (Fsp3) is 0.130. The molecule has 1 aromatic heterocycles. The number of ether oxygens (including phenoxy) is 2. The highest BCUT2D eigenvalue weighted by Crippen LogP contribution is 2.31. The second kappa shape index (κ2) is 8.99. The Labute approximate surface area is 187 Å². The number of hydrogen-bond donors (Lipinski definition) is 0. The predicted octanol–water partition coefficient (Wildman–Crippen LogP) is 5.49. The molecule has 4 aromatic rings. The molecule has 0 N–H and O–H groups in total. The molecule has 5 nitrogen and oxygen atoms in total. The molecular formula is C23H18ClFN2O3S. The highest BCUT2D eigenvalue weighted by molar-refractivity contribution is 7.98. The van der Waals surface area contributed by atoms with Gasteiger partial charge in [-0.15, -0.1) is 0 Å². The van der Waals surface area contributed by atoms with E-state index in [2.05, 4.69) is 4.98 Å². The zero-order valence-corrected chi connectivity index (χ0v) is 18.3. The molecule has 0 radical (unpaired) electrons. The van der Waals surface area contributed by atoms with Crippen molar-refractivity contribution >= 4 is 34.3 Å². The van der Waals surface area contributed by atoms with Crippen molar-refractivity contribution in [3.05, 3.63) is 87.4 Å². The molecule has 0 amide bonds. The Balaban J connectivity index is 1.89. The van der Waals surface area contributed by atoms with Gasteiger partial charge >= 0.3 is 0 Å². The van der Waals surface area contributed by atoms with Crippen LogP contribution in [-0.2, 0) is 5.75 Å². The van der Waals surface area contributed by atoms with Gasteiger partial charge in [0.25, 0.3) is 5.56 Å². The van der Waals surface area contributed by atoms with Crippen molar-refractivity contribution in [1.29, 1.82) is 0 Å². The van der Waals surface area contributed by atoms with Gasteiger partial charge in [-0.3, -0.25) is 9.36 Å². The average molecular weight is 457 g/mol. The van der Waals surface area contributed by atoms with E-state index in [1.807, 2.05) is 6.07 Å². The third kappa shape index (κ3) is 4.24. The Hall–Kier alpha value is -3.03. The molecule has 0 spiro atoms. The second-order valence-corrected chi connectivity index (χ2v) is 7.96. The first-order chi connectivity index (χ1) is 15.0. The van der Waals surface area contributed by atoms with Crippen LogP contribution in [0.25, 0.3) is 16.6 Å². The van der Waals surface area contributed by atoms with Crippen LogP contribution in [-0.4, -0.2) is 23.8 Å². The predicted molar refractivity (Wildman–Crippen MR) is 121 cm³/mol. The summed E-state index contributed by atoms with van der Waals surface area (Å²) in [6.45, 7) is 0. The van der Waals surface area contributed by atoms with Crippen LogP contribution in [0.1, 0.15) is 5.56 Å². The molecule has 0 saturated heterocycles. The van der Waals surface area contributed by atoms with Crippen molar-refractivity contribution in [2.24, 2.45) is 0 Å². The Morgan fingerprint density at radius 2 is 1.74 bits per heavy atom. The average Bonchev–Trinajstić information content (AvgIpc) is 2.78. The van der Waals surface area contributed by atoms with Gasteiger partial charge in [-0.2, -0.15) is 0 Å². The molecule has 0 aliphatic rings. The quantitative estimate of drug-likeness (QED) is 0.284. The summed E-state index contributed by atoms with van der Waals surface area (Å²) >= 11 is 7.41. The van der Waals surface area contributed by atoms with E-state index >= 15 is 0 Å². The zero-order chi connectivity index (χ0) is 22.0. The summed E-state index contributed by atoms with van der Waals surface area (Å²) in [6.07, 6.45) is 0.